The summed E-state index contributed by atoms with van der Waals surface area (Å²) in [4.78, 5) is 43.8. The number of amides is 3. The average molecular weight is 481 g/mol. The summed E-state index contributed by atoms with van der Waals surface area (Å²) in [6.45, 7) is 7.60. The largest absolute Gasteiger partial charge is 0.299 e. The molecule has 0 spiro atoms. The number of imide groups is 1. The normalized spacial score (nSPS) is 17.1. The van der Waals surface area contributed by atoms with Gasteiger partial charge in [-0.05, 0) is 52.0 Å². The molecule has 0 N–H and O–H groups in total. The van der Waals surface area contributed by atoms with Gasteiger partial charge in [-0.15, -0.1) is 0 Å². The lowest BCUT2D eigenvalue weighted by Crippen LogP contribution is -2.56. The van der Waals surface area contributed by atoms with Gasteiger partial charge >= 0.3 is 0 Å². The zero-order chi connectivity index (χ0) is 22.9. The molecular weight excluding hydrogens is 460 g/mol. The van der Waals surface area contributed by atoms with Gasteiger partial charge in [0, 0.05) is 11.1 Å². The summed E-state index contributed by atoms with van der Waals surface area (Å²) in [7, 11) is 3.11. The second-order valence-electron chi connectivity index (χ2n) is 8.61. The molecule has 1 aromatic heterocycles. The fourth-order valence-electron chi connectivity index (χ4n) is 4.59. The van der Waals surface area contributed by atoms with E-state index < -0.39 is 23.4 Å². The highest BCUT2D eigenvalue weighted by Crippen LogP contribution is 2.52. The van der Waals surface area contributed by atoms with E-state index in [9.17, 15) is 14.4 Å². The van der Waals surface area contributed by atoms with Gasteiger partial charge < -0.3 is 0 Å². The molecule has 162 valence electrons. The Balaban J connectivity index is 1.62. The van der Waals surface area contributed by atoms with Gasteiger partial charge in [0.25, 0.3) is 17.7 Å². The van der Waals surface area contributed by atoms with E-state index >= 15 is 0 Å². The van der Waals surface area contributed by atoms with E-state index in [1.165, 1.54) is 10.3 Å². The quantitative estimate of drug-likeness (QED) is 0.265. The molecule has 2 aromatic carbocycles. The fraction of sp³-hybridized carbons (Fsp3) is 0.250. The molecule has 0 bridgehead atoms. The first-order valence-electron chi connectivity index (χ1n) is 10.2. The third kappa shape index (κ3) is 2.79. The van der Waals surface area contributed by atoms with Crippen LogP contribution >= 0.6 is 32.9 Å². The van der Waals surface area contributed by atoms with Crippen LogP contribution in [0.5, 0.6) is 0 Å². The van der Waals surface area contributed by atoms with Crippen LogP contribution in [-0.4, -0.2) is 28.7 Å². The molecule has 0 saturated carbocycles. The maximum atomic E-state index is 14.0. The van der Waals surface area contributed by atoms with Crippen LogP contribution in [0.25, 0.3) is 11.1 Å². The predicted octanol–water partition coefficient (Wildman–Crippen LogP) is 5.78. The van der Waals surface area contributed by atoms with E-state index in [0.29, 0.717) is 11.1 Å². The van der Waals surface area contributed by atoms with Crippen LogP contribution in [0.3, 0.4) is 0 Å². The van der Waals surface area contributed by atoms with Gasteiger partial charge in [0.15, 0.2) is 0 Å². The molecule has 5 nitrogen and oxygen atoms in total. The molecule has 8 heteroatoms. The average Bonchev–Trinajstić information content (AvgIpc) is 3.27. The van der Waals surface area contributed by atoms with Crippen LogP contribution < -0.4 is 4.90 Å². The van der Waals surface area contributed by atoms with Crippen LogP contribution in [0.4, 0.5) is 5.69 Å². The molecule has 2 aliphatic heterocycles. The molecule has 3 aromatic rings. The standard InChI is InChI=1S/C24H20N2O3S3/c1-12-9-10-17-16(11-12)18-19(31-32-23(18)30)24(3,4)26(17)20(27)13(2)25-21(28)14-7-5-6-8-15(14)22(25)29/h5-11,13H,1-4H3. The van der Waals surface area contributed by atoms with Gasteiger partial charge in [0.1, 0.15) is 9.87 Å². The topological polar surface area (TPSA) is 57.7 Å². The van der Waals surface area contributed by atoms with E-state index in [4.69, 9.17) is 12.2 Å². The van der Waals surface area contributed by atoms with Gasteiger partial charge in [0.2, 0.25) is 0 Å². The second-order valence-corrected chi connectivity index (χ2v) is 11.4. The Labute approximate surface area is 198 Å². The van der Waals surface area contributed by atoms with E-state index in [-0.39, 0.29) is 5.91 Å². The van der Waals surface area contributed by atoms with E-state index in [2.05, 4.69) is 0 Å². The summed E-state index contributed by atoms with van der Waals surface area (Å²) in [5.41, 5.74) is 3.74. The summed E-state index contributed by atoms with van der Waals surface area (Å²) in [5, 5.41) is 0. The molecule has 0 aliphatic carbocycles. The molecule has 1 atom stereocenters. The molecule has 0 saturated heterocycles. The fourth-order valence-corrected chi connectivity index (χ4v) is 7.88. The summed E-state index contributed by atoms with van der Waals surface area (Å²) >= 11 is 5.64. The highest BCUT2D eigenvalue weighted by molar-refractivity contribution is 7.80. The molecule has 0 radical (unpaired) electrons. The van der Waals surface area contributed by atoms with Crippen molar-refractivity contribution in [3.63, 3.8) is 0 Å². The number of hydrogen-bond donors (Lipinski definition) is 0. The second kappa shape index (κ2) is 7.16. The number of nitrogens with zero attached hydrogens (tertiary/aromatic N) is 2. The number of fused-ring (bicyclic) bond motifs is 4. The van der Waals surface area contributed by atoms with Gasteiger partial charge in [-0.25, -0.2) is 0 Å². The Morgan fingerprint density at radius 2 is 1.62 bits per heavy atom. The van der Waals surface area contributed by atoms with Gasteiger partial charge in [0.05, 0.1) is 27.2 Å². The number of hydrogen-bond acceptors (Lipinski definition) is 6. The Morgan fingerprint density at radius 1 is 1.00 bits per heavy atom. The SMILES string of the molecule is Cc1ccc2c(c1)-c1c(ssc1=S)C(C)(C)N2C(=O)C(C)N1C(=O)c2ccccc2C1=O. The highest BCUT2D eigenvalue weighted by atomic mass is 32.9. The monoisotopic (exact) mass is 480 g/mol. The third-order valence-corrected chi connectivity index (χ3v) is 9.53. The maximum absolute atomic E-state index is 14.0. The summed E-state index contributed by atoms with van der Waals surface area (Å²) in [6, 6.07) is 11.7. The van der Waals surface area contributed by atoms with Crippen molar-refractivity contribution >= 4 is 56.3 Å². The van der Waals surface area contributed by atoms with Crippen molar-refractivity contribution < 1.29 is 14.4 Å². The molecule has 0 fully saturated rings. The first-order valence-corrected chi connectivity index (χ1v) is 12.8. The van der Waals surface area contributed by atoms with Crippen molar-refractivity contribution in [2.45, 2.75) is 39.3 Å². The minimum Gasteiger partial charge on any atom is -0.299 e. The Bertz CT molecular complexity index is 1350. The number of anilines is 1. The molecule has 2 aliphatic rings. The van der Waals surface area contributed by atoms with Gasteiger partial charge in [-0.2, -0.15) is 0 Å². The van der Waals surface area contributed by atoms with E-state index in [1.807, 2.05) is 39.0 Å². The van der Waals surface area contributed by atoms with E-state index in [0.717, 1.165) is 36.0 Å². The first-order chi connectivity index (χ1) is 15.1. The molecule has 5 rings (SSSR count). The van der Waals surface area contributed by atoms with Crippen molar-refractivity contribution in [3.05, 3.63) is 67.9 Å². The minimum atomic E-state index is -0.955. The Kier molecular flexibility index (Phi) is 4.74. The smallest absolute Gasteiger partial charge is 0.262 e. The number of benzene rings is 2. The van der Waals surface area contributed by atoms with Crippen LogP contribution in [0.2, 0.25) is 0 Å². The van der Waals surface area contributed by atoms with Crippen LogP contribution in [0, 0.1) is 10.7 Å². The third-order valence-electron chi connectivity index (χ3n) is 6.20. The maximum Gasteiger partial charge on any atom is 0.262 e. The molecule has 32 heavy (non-hydrogen) atoms. The Morgan fingerprint density at radius 3 is 2.25 bits per heavy atom. The minimum absolute atomic E-state index is 0.301. The summed E-state index contributed by atoms with van der Waals surface area (Å²) in [5.74, 6) is -1.17. The lowest BCUT2D eigenvalue weighted by atomic mass is 9.86. The highest BCUT2D eigenvalue weighted by Gasteiger charge is 2.48. The molecule has 1 unspecified atom stereocenters. The van der Waals surface area contributed by atoms with Gasteiger partial charge in [-0.1, -0.05) is 56.7 Å². The lowest BCUT2D eigenvalue weighted by Gasteiger charge is -2.44. The molecule has 3 amide bonds. The number of carbonyl (C=O) groups is 3. The van der Waals surface area contributed by atoms with Crippen LogP contribution in [-0.2, 0) is 10.3 Å². The lowest BCUT2D eigenvalue weighted by molar-refractivity contribution is -0.123. The predicted molar refractivity (Wildman–Crippen MR) is 130 cm³/mol. The van der Waals surface area contributed by atoms with Crippen molar-refractivity contribution in [1.29, 1.82) is 0 Å². The summed E-state index contributed by atoms with van der Waals surface area (Å²) < 4.78 is 0.811. The molecule has 3 heterocycles. The molecular formula is C24H20N2O3S3. The number of rotatable bonds is 2. The van der Waals surface area contributed by atoms with Crippen molar-refractivity contribution in [3.8, 4) is 11.1 Å². The van der Waals surface area contributed by atoms with Gasteiger partial charge in [-0.3, -0.25) is 24.2 Å². The zero-order valence-electron chi connectivity index (χ0n) is 18.0. The Hall–Kier alpha value is -2.68. The first kappa shape index (κ1) is 21.2. The zero-order valence-corrected chi connectivity index (χ0v) is 20.4. The number of aryl methyl sites for hydroxylation is 1. The van der Waals surface area contributed by atoms with Crippen LogP contribution in [0.1, 0.15) is 51.9 Å². The van der Waals surface area contributed by atoms with Crippen LogP contribution in [0.15, 0.2) is 42.5 Å². The summed E-state index contributed by atoms with van der Waals surface area (Å²) in [6.07, 6.45) is 0. The van der Waals surface area contributed by atoms with Crippen molar-refractivity contribution in [2.75, 3.05) is 4.90 Å². The number of carbonyl (C=O) groups excluding carboxylic acids is 3. The van der Waals surface area contributed by atoms with Crippen molar-refractivity contribution in [2.24, 2.45) is 0 Å². The van der Waals surface area contributed by atoms with E-state index in [1.54, 1.807) is 46.4 Å². The van der Waals surface area contributed by atoms with Crippen molar-refractivity contribution in [1.82, 2.24) is 4.90 Å².